The molecule has 3 unspecified atom stereocenters. The van der Waals surface area contributed by atoms with E-state index in [4.69, 9.17) is 9.47 Å². The van der Waals surface area contributed by atoms with Crippen LogP contribution >= 0.6 is 7.44 Å². The Morgan fingerprint density at radius 2 is 1.78 bits per heavy atom. The van der Waals surface area contributed by atoms with Gasteiger partial charge in [0.25, 0.3) is 5.91 Å². The molecule has 1 amide bonds. The molecule has 0 aromatic carbocycles. The van der Waals surface area contributed by atoms with E-state index in [0.29, 0.717) is 24.6 Å². The first-order valence-corrected chi connectivity index (χ1v) is 15.0. The molecule has 1 saturated heterocycles. The molecule has 0 aromatic rings. The van der Waals surface area contributed by atoms with Gasteiger partial charge in [-0.1, -0.05) is 33.9 Å². The smallest absolute Gasteiger partial charge is 0.256 e. The topological polar surface area (TPSA) is 138 Å². The monoisotopic (exact) mass is 720 g/mol. The minimum atomic E-state index is -3.95. The molecule has 210 valence electrons. The van der Waals surface area contributed by atoms with E-state index in [1.54, 1.807) is 27.9 Å². The average molecular weight is 720 g/mol. The molecular formula is C22H43N5O6PSW-. The molecular weight excluding hydrogens is 677 g/mol. The molecule has 4 N–H and O–H groups in total. The van der Waals surface area contributed by atoms with Gasteiger partial charge in [-0.15, -0.1) is 0 Å². The van der Waals surface area contributed by atoms with Gasteiger partial charge in [-0.3, -0.25) is 24.3 Å². The van der Waals surface area contributed by atoms with Crippen LogP contribution in [0.5, 0.6) is 0 Å². The Bertz CT molecular complexity index is 922. The van der Waals surface area contributed by atoms with Crippen molar-refractivity contribution < 1.29 is 48.3 Å². The summed E-state index contributed by atoms with van der Waals surface area (Å²) in [7, 11) is -3.57. The molecule has 14 heteroatoms. The van der Waals surface area contributed by atoms with E-state index >= 15 is 0 Å². The fourth-order valence-corrected chi connectivity index (χ4v) is 4.92. The van der Waals surface area contributed by atoms with Crippen molar-refractivity contribution in [1.29, 1.82) is 0 Å². The van der Waals surface area contributed by atoms with Crippen LogP contribution in [0.4, 0.5) is 0 Å². The van der Waals surface area contributed by atoms with Crippen LogP contribution in [0.25, 0.3) is 0 Å². The van der Waals surface area contributed by atoms with Crippen molar-refractivity contribution in [2.24, 2.45) is 11.8 Å². The van der Waals surface area contributed by atoms with Crippen LogP contribution in [0.2, 0.25) is 0 Å². The van der Waals surface area contributed by atoms with E-state index in [9.17, 15) is 17.8 Å². The standard InChI is InChI=1S/C22H43N5O6PS.W/c1-15(2)16(3)18(5)27-12-19(33-13-32-14-34(29,23-8)24-9)11-20(27)17(4)25-22(6,7)21(28)26-35(10,30)31;/h15-16,19-20,25H,4-5,10-14H2,1-3,6-9H3,(H,26,28)(H2,23,24,29);/q-1;. The van der Waals surface area contributed by atoms with Gasteiger partial charge in [0, 0.05) is 45.4 Å². The van der Waals surface area contributed by atoms with Gasteiger partial charge in [0.05, 0.1) is 12.1 Å². The first kappa shape index (κ1) is 35.3. The second-order valence-electron chi connectivity index (χ2n) is 9.68. The summed E-state index contributed by atoms with van der Waals surface area (Å²) in [5, 5.41) is 8.51. The van der Waals surface area contributed by atoms with Crippen LogP contribution in [0.1, 0.15) is 41.0 Å². The van der Waals surface area contributed by atoms with Gasteiger partial charge < -0.3 is 19.7 Å². The molecule has 0 aliphatic carbocycles. The predicted octanol–water partition coefficient (Wildman–Crippen LogP) is 1.93. The molecule has 0 bridgehead atoms. The normalized spacial score (nSPS) is 19.5. The maximum atomic E-state index is 12.5. The van der Waals surface area contributed by atoms with Crippen LogP contribution in [-0.4, -0.2) is 70.7 Å². The van der Waals surface area contributed by atoms with E-state index in [2.05, 4.69) is 60.6 Å². The number of rotatable bonds is 15. The van der Waals surface area contributed by atoms with Gasteiger partial charge in [-0.25, -0.2) is 14.7 Å². The predicted molar refractivity (Wildman–Crippen MR) is 138 cm³/mol. The van der Waals surface area contributed by atoms with Crippen LogP contribution in [0.15, 0.2) is 24.6 Å². The van der Waals surface area contributed by atoms with E-state index in [1.807, 2.05) is 4.72 Å². The zero-order chi connectivity index (χ0) is 27.2. The van der Waals surface area contributed by atoms with Crippen LogP contribution in [-0.2, 0) is 49.9 Å². The van der Waals surface area contributed by atoms with E-state index in [0.717, 1.165) is 5.70 Å². The van der Waals surface area contributed by atoms with E-state index in [-0.39, 0.29) is 52.3 Å². The first-order chi connectivity index (χ1) is 16.0. The maximum Gasteiger partial charge on any atom is 0.256 e. The zero-order valence-corrected chi connectivity index (χ0v) is 27.1. The Balaban J connectivity index is 0.0000122. The number of amides is 1. The summed E-state index contributed by atoms with van der Waals surface area (Å²) >= 11 is 0. The number of nitrogens with one attached hydrogen (secondary N) is 4. The zero-order valence-electron chi connectivity index (χ0n) is 22.4. The average Bonchev–Trinajstić information content (AvgIpc) is 3.18. The first-order valence-electron chi connectivity index (χ1n) is 11.5. The molecule has 1 aliphatic rings. The molecule has 0 spiro atoms. The van der Waals surface area contributed by atoms with Crippen molar-refractivity contribution >= 4 is 23.4 Å². The molecule has 11 nitrogen and oxygen atoms in total. The van der Waals surface area contributed by atoms with Crippen LogP contribution in [0, 0.1) is 18.1 Å². The Morgan fingerprint density at radius 3 is 2.25 bits per heavy atom. The number of carbonyl (C=O) groups is 1. The summed E-state index contributed by atoms with van der Waals surface area (Å²) in [4.78, 5) is 14.6. The second-order valence-corrected chi connectivity index (χ2v) is 13.7. The van der Waals surface area contributed by atoms with Gasteiger partial charge in [0.2, 0.25) is 7.44 Å². The van der Waals surface area contributed by atoms with Gasteiger partial charge in [0.15, 0.2) is 0 Å². The van der Waals surface area contributed by atoms with E-state index < -0.39 is 28.9 Å². The quantitative estimate of drug-likeness (QED) is 0.0860. The number of nitrogens with zero attached hydrogens (tertiary/aromatic N) is 1. The van der Waals surface area contributed by atoms with Gasteiger partial charge in [-0.05, 0) is 39.8 Å². The molecule has 0 aromatic heterocycles. The molecule has 0 radical (unpaired) electrons. The summed E-state index contributed by atoms with van der Waals surface area (Å²) in [5.74, 6) is -0.202. The van der Waals surface area contributed by atoms with Crippen molar-refractivity contribution in [3.8, 4) is 0 Å². The molecule has 1 heterocycles. The number of carbonyl (C=O) groups excluding carboxylic acids is 1. The van der Waals surface area contributed by atoms with Gasteiger partial charge in [0.1, 0.15) is 28.7 Å². The second kappa shape index (κ2) is 14.4. The van der Waals surface area contributed by atoms with Crippen molar-refractivity contribution in [3.63, 3.8) is 0 Å². The molecule has 3 atom stereocenters. The number of hydrogen-bond donors (Lipinski definition) is 4. The molecule has 0 saturated carbocycles. The van der Waals surface area contributed by atoms with E-state index in [1.165, 1.54) is 0 Å². The number of ether oxygens (including phenoxy) is 2. The van der Waals surface area contributed by atoms with Crippen LogP contribution in [0.3, 0.4) is 0 Å². The van der Waals surface area contributed by atoms with Crippen molar-refractivity contribution in [2.45, 2.75) is 58.7 Å². The minimum Gasteiger partial charge on any atom is -0.374 e. The summed E-state index contributed by atoms with van der Waals surface area (Å²) in [5.41, 5.74) is 0.185. The van der Waals surface area contributed by atoms with Crippen LogP contribution < -0.4 is 20.2 Å². The third-order valence-electron chi connectivity index (χ3n) is 6.23. The molecule has 1 aliphatic heterocycles. The number of allylic oxidation sites excluding steroid dienone is 1. The molecule has 1 fully saturated rings. The van der Waals surface area contributed by atoms with Gasteiger partial charge >= 0.3 is 0 Å². The minimum absolute atomic E-state index is 0. The summed E-state index contributed by atoms with van der Waals surface area (Å²) in [6, 6.07) is -0.252. The maximum absolute atomic E-state index is 12.5. The SMILES string of the molecule is C=C(NC(C)(C)C(=O)NS([CH2-])(=O)=O)C1CC(OCOCP(=O)(NC)NC)CN1C(=C)C(C)C(C)C.[W]. The Hall–Kier alpha value is -0.742. The number of likely N-dealkylation sites (tertiary alicyclic amines) is 1. The molecule has 36 heavy (non-hydrogen) atoms. The number of sulfonamides is 1. The van der Waals surface area contributed by atoms with Crippen molar-refractivity contribution in [1.82, 2.24) is 25.1 Å². The van der Waals surface area contributed by atoms with Crippen molar-refractivity contribution in [2.75, 3.05) is 33.8 Å². The Labute approximate surface area is 231 Å². The Morgan fingerprint density at radius 1 is 1.22 bits per heavy atom. The third kappa shape index (κ3) is 10.6. The third-order valence-corrected chi connectivity index (χ3v) is 8.72. The summed E-state index contributed by atoms with van der Waals surface area (Å²) < 4.78 is 48.4. The summed E-state index contributed by atoms with van der Waals surface area (Å²) in [6.45, 7) is 18.4. The fourth-order valence-electron chi connectivity index (χ4n) is 3.57. The van der Waals surface area contributed by atoms with Gasteiger partial charge in [-0.2, -0.15) is 0 Å². The van der Waals surface area contributed by atoms with Crippen molar-refractivity contribution in [3.05, 3.63) is 30.8 Å². The Kier molecular flexibility index (Phi) is 14.1. The molecule has 1 rings (SSSR count). The number of hydrogen-bond acceptors (Lipinski definition) is 8. The fraction of sp³-hybridized carbons (Fsp3) is 0.727. The largest absolute Gasteiger partial charge is 0.374 e. The summed E-state index contributed by atoms with van der Waals surface area (Å²) in [6.07, 6.45) is 3.23.